The fraction of sp³-hybridized carbons (Fsp3) is 0.182. The van der Waals surface area contributed by atoms with E-state index in [1.54, 1.807) is 13.0 Å². The van der Waals surface area contributed by atoms with Crippen LogP contribution in [0.3, 0.4) is 0 Å². The van der Waals surface area contributed by atoms with Crippen LogP contribution in [-0.4, -0.2) is 16.0 Å². The summed E-state index contributed by atoms with van der Waals surface area (Å²) in [6, 6.07) is 4.42. The topological polar surface area (TPSA) is 68.0 Å². The van der Waals surface area contributed by atoms with Crippen molar-refractivity contribution in [1.29, 1.82) is 0 Å². The number of halogens is 1. The lowest BCUT2D eigenvalue weighted by molar-refractivity contribution is 0.0945. The van der Waals surface area contributed by atoms with Crippen molar-refractivity contribution in [2.75, 3.05) is 0 Å². The van der Waals surface area contributed by atoms with E-state index >= 15 is 0 Å². The van der Waals surface area contributed by atoms with Crippen LogP contribution in [0.15, 0.2) is 29.1 Å². The van der Waals surface area contributed by atoms with Gasteiger partial charge in [-0.25, -0.2) is 4.39 Å². The molecule has 0 spiro atoms. The van der Waals surface area contributed by atoms with Gasteiger partial charge in [-0.3, -0.25) is 4.79 Å². The molecular weight excluding hydrogens is 225 g/mol. The van der Waals surface area contributed by atoms with Crippen molar-refractivity contribution in [3.05, 3.63) is 47.4 Å². The van der Waals surface area contributed by atoms with Gasteiger partial charge in [-0.15, -0.1) is 0 Å². The lowest BCUT2D eigenvalue weighted by Crippen LogP contribution is -2.24. The van der Waals surface area contributed by atoms with Gasteiger partial charge in [0.1, 0.15) is 5.82 Å². The first-order valence-corrected chi connectivity index (χ1v) is 4.96. The summed E-state index contributed by atoms with van der Waals surface area (Å²) in [5.74, 6) is -0.714. The van der Waals surface area contributed by atoms with Crippen LogP contribution in [0.1, 0.15) is 21.7 Å². The molecule has 1 N–H and O–H groups in total. The van der Waals surface area contributed by atoms with Crippen LogP contribution >= 0.6 is 0 Å². The van der Waals surface area contributed by atoms with Gasteiger partial charge in [-0.05, 0) is 24.6 Å². The predicted octanol–water partition coefficient (Wildman–Crippen LogP) is 1.45. The summed E-state index contributed by atoms with van der Waals surface area (Å²) in [6.45, 7) is 1.85. The number of carbonyl (C=O) groups excluding carboxylic acids is 1. The van der Waals surface area contributed by atoms with E-state index in [0.717, 1.165) is 12.0 Å². The molecule has 1 aromatic heterocycles. The third-order valence-corrected chi connectivity index (χ3v) is 2.18. The molecule has 0 unspecified atom stereocenters. The molecule has 6 heteroatoms. The lowest BCUT2D eigenvalue weighted by Gasteiger charge is -2.04. The molecule has 1 amide bonds. The van der Waals surface area contributed by atoms with Gasteiger partial charge in [-0.1, -0.05) is 11.2 Å². The van der Waals surface area contributed by atoms with Crippen LogP contribution in [0, 0.1) is 12.7 Å². The number of nitrogens with one attached hydrogen (secondary N) is 1. The average molecular weight is 235 g/mol. The Morgan fingerprint density at radius 1 is 1.53 bits per heavy atom. The molecule has 0 radical (unpaired) electrons. The highest BCUT2D eigenvalue weighted by atomic mass is 19.1. The van der Waals surface area contributed by atoms with Crippen LogP contribution < -0.4 is 5.32 Å². The minimum Gasteiger partial charge on any atom is -0.345 e. The molecule has 2 aromatic rings. The van der Waals surface area contributed by atoms with Crippen molar-refractivity contribution in [2.45, 2.75) is 13.5 Å². The predicted molar refractivity (Wildman–Crippen MR) is 56.6 cm³/mol. The van der Waals surface area contributed by atoms with Gasteiger partial charge in [0.15, 0.2) is 5.82 Å². The second kappa shape index (κ2) is 4.73. The lowest BCUT2D eigenvalue weighted by atomic mass is 10.1. The highest BCUT2D eigenvalue weighted by molar-refractivity contribution is 5.94. The van der Waals surface area contributed by atoms with E-state index in [2.05, 4.69) is 20.0 Å². The Balaban J connectivity index is 2.04. The minimum atomic E-state index is -0.546. The molecule has 0 fully saturated rings. The Kier molecular flexibility index (Phi) is 3.13. The van der Waals surface area contributed by atoms with Crippen molar-refractivity contribution in [3.63, 3.8) is 0 Å². The van der Waals surface area contributed by atoms with Crippen LogP contribution in [0.4, 0.5) is 4.39 Å². The monoisotopic (exact) mass is 235 g/mol. The molecule has 0 aliphatic carbocycles. The molecule has 5 nitrogen and oxygen atoms in total. The third-order valence-electron chi connectivity index (χ3n) is 2.18. The molecule has 0 aliphatic rings. The van der Waals surface area contributed by atoms with E-state index in [1.807, 2.05) is 0 Å². The van der Waals surface area contributed by atoms with Crippen molar-refractivity contribution in [2.24, 2.45) is 0 Å². The Bertz CT molecular complexity index is 526. The summed E-state index contributed by atoms with van der Waals surface area (Å²) in [6.07, 6.45) is 1.16. The van der Waals surface area contributed by atoms with Crippen LogP contribution in [0.5, 0.6) is 0 Å². The molecule has 0 bridgehead atoms. The number of rotatable bonds is 3. The number of hydrogen-bond acceptors (Lipinski definition) is 4. The Labute approximate surface area is 96.6 Å². The van der Waals surface area contributed by atoms with Crippen molar-refractivity contribution in [3.8, 4) is 0 Å². The Morgan fingerprint density at radius 3 is 3.00 bits per heavy atom. The maximum Gasteiger partial charge on any atom is 0.254 e. The van der Waals surface area contributed by atoms with Gasteiger partial charge in [0, 0.05) is 0 Å². The first kappa shape index (κ1) is 11.3. The highest BCUT2D eigenvalue weighted by Crippen LogP contribution is 2.09. The van der Waals surface area contributed by atoms with Crippen LogP contribution in [0.2, 0.25) is 0 Å². The smallest absolute Gasteiger partial charge is 0.254 e. The van der Waals surface area contributed by atoms with Gasteiger partial charge in [0.05, 0.1) is 12.1 Å². The fourth-order valence-electron chi connectivity index (χ4n) is 1.33. The Hall–Kier alpha value is -2.24. The second-order valence-electron chi connectivity index (χ2n) is 3.51. The summed E-state index contributed by atoms with van der Waals surface area (Å²) in [5, 5.41) is 6.02. The molecule has 2 rings (SSSR count). The zero-order chi connectivity index (χ0) is 12.3. The molecule has 0 atom stereocenters. The number of aryl methyl sites for hydroxylation is 1. The first-order chi connectivity index (χ1) is 8.16. The van der Waals surface area contributed by atoms with Crippen molar-refractivity contribution >= 4 is 5.91 Å². The molecule has 17 heavy (non-hydrogen) atoms. The molecule has 1 aromatic carbocycles. The number of aromatic nitrogens is 2. The summed E-state index contributed by atoms with van der Waals surface area (Å²) < 4.78 is 18.0. The fourth-order valence-corrected chi connectivity index (χ4v) is 1.33. The second-order valence-corrected chi connectivity index (χ2v) is 3.51. The Morgan fingerprint density at radius 2 is 2.35 bits per heavy atom. The zero-order valence-electron chi connectivity index (χ0n) is 9.11. The molecule has 0 saturated heterocycles. The van der Waals surface area contributed by atoms with Gasteiger partial charge < -0.3 is 9.84 Å². The van der Waals surface area contributed by atoms with E-state index in [1.165, 1.54) is 12.1 Å². The largest absolute Gasteiger partial charge is 0.345 e. The number of carbonyl (C=O) groups is 1. The SMILES string of the molecule is Cc1ccc(C(=O)NCc2ncon2)c(F)c1. The molecule has 0 aliphatic heterocycles. The van der Waals surface area contributed by atoms with Crippen molar-refractivity contribution < 1.29 is 13.7 Å². The zero-order valence-corrected chi connectivity index (χ0v) is 9.11. The maximum atomic E-state index is 13.5. The normalized spacial score (nSPS) is 10.2. The molecule has 88 valence electrons. The number of hydrogen-bond donors (Lipinski definition) is 1. The molecule has 0 saturated carbocycles. The molecular formula is C11H10FN3O2. The summed E-state index contributed by atoms with van der Waals surface area (Å²) >= 11 is 0. The van der Waals surface area contributed by atoms with Crippen molar-refractivity contribution in [1.82, 2.24) is 15.5 Å². The first-order valence-electron chi connectivity index (χ1n) is 4.96. The third kappa shape index (κ3) is 2.66. The quantitative estimate of drug-likeness (QED) is 0.874. The van der Waals surface area contributed by atoms with Gasteiger partial charge in [0.25, 0.3) is 5.91 Å². The average Bonchev–Trinajstić information content (AvgIpc) is 2.78. The van der Waals surface area contributed by atoms with E-state index < -0.39 is 11.7 Å². The molecule has 1 heterocycles. The number of nitrogens with zero attached hydrogens (tertiary/aromatic N) is 2. The van der Waals surface area contributed by atoms with Gasteiger partial charge in [0.2, 0.25) is 6.39 Å². The van der Waals surface area contributed by atoms with Gasteiger partial charge in [-0.2, -0.15) is 4.98 Å². The van der Waals surface area contributed by atoms with Crippen LogP contribution in [0.25, 0.3) is 0 Å². The summed E-state index contributed by atoms with van der Waals surface area (Å²) in [4.78, 5) is 15.4. The number of amides is 1. The van der Waals surface area contributed by atoms with Gasteiger partial charge >= 0.3 is 0 Å². The van der Waals surface area contributed by atoms with E-state index in [9.17, 15) is 9.18 Å². The van der Waals surface area contributed by atoms with E-state index in [-0.39, 0.29) is 12.1 Å². The highest BCUT2D eigenvalue weighted by Gasteiger charge is 2.11. The van der Waals surface area contributed by atoms with Crippen LogP contribution in [-0.2, 0) is 6.54 Å². The summed E-state index contributed by atoms with van der Waals surface area (Å²) in [5.41, 5.74) is 0.760. The minimum absolute atomic E-state index is 0.000838. The maximum absolute atomic E-state index is 13.5. The standard InChI is InChI=1S/C11H10FN3O2/c1-7-2-3-8(9(12)4-7)11(16)13-5-10-14-6-17-15-10/h2-4,6H,5H2,1H3,(H,13,16). The summed E-state index contributed by atoms with van der Waals surface area (Å²) in [7, 11) is 0. The van der Waals surface area contributed by atoms with E-state index in [0.29, 0.717) is 5.82 Å². The van der Waals surface area contributed by atoms with E-state index in [4.69, 9.17) is 0 Å². The number of benzene rings is 1.